The fourth-order valence-electron chi connectivity index (χ4n) is 1.82. The van der Waals surface area contributed by atoms with Crippen LogP contribution in [-0.2, 0) is 5.54 Å². The molecule has 72 valence electrons. The standard InChI is InChI=1S/C10H10ClN3/c11-9-8-7(10(12)3-4-10)2-1-5-14(8)6-13-9/h1-2,5-6H,3-4,12H2. The summed E-state index contributed by atoms with van der Waals surface area (Å²) in [6, 6.07) is 4.02. The van der Waals surface area contributed by atoms with Gasteiger partial charge in [-0.2, -0.15) is 0 Å². The number of halogens is 1. The van der Waals surface area contributed by atoms with Crippen molar-refractivity contribution in [3.05, 3.63) is 35.4 Å². The average Bonchev–Trinajstić information content (AvgIpc) is 2.83. The monoisotopic (exact) mass is 207 g/mol. The third kappa shape index (κ3) is 0.996. The molecule has 1 saturated carbocycles. The molecule has 1 aliphatic rings. The molecule has 2 heterocycles. The van der Waals surface area contributed by atoms with Crippen LogP contribution < -0.4 is 5.73 Å². The zero-order chi connectivity index (χ0) is 9.76. The lowest BCUT2D eigenvalue weighted by Crippen LogP contribution is -2.19. The van der Waals surface area contributed by atoms with E-state index in [-0.39, 0.29) is 5.54 Å². The zero-order valence-electron chi connectivity index (χ0n) is 7.57. The molecule has 3 rings (SSSR count). The predicted octanol–water partition coefficient (Wildman–Crippen LogP) is 1.94. The molecular formula is C10H10ClN3. The van der Waals surface area contributed by atoms with E-state index in [9.17, 15) is 0 Å². The van der Waals surface area contributed by atoms with Crippen LogP contribution in [-0.4, -0.2) is 9.38 Å². The highest BCUT2D eigenvalue weighted by molar-refractivity contribution is 6.32. The largest absolute Gasteiger partial charge is 0.321 e. The second kappa shape index (κ2) is 2.49. The maximum absolute atomic E-state index is 6.16. The molecule has 3 nitrogen and oxygen atoms in total. The zero-order valence-corrected chi connectivity index (χ0v) is 8.33. The van der Waals surface area contributed by atoms with Crippen LogP contribution in [0.4, 0.5) is 0 Å². The lowest BCUT2D eigenvalue weighted by Gasteiger charge is -2.10. The van der Waals surface area contributed by atoms with Crippen molar-refractivity contribution in [1.29, 1.82) is 0 Å². The number of aromatic nitrogens is 2. The van der Waals surface area contributed by atoms with E-state index in [1.807, 2.05) is 22.7 Å². The lowest BCUT2D eigenvalue weighted by molar-refractivity contribution is 0.743. The maximum Gasteiger partial charge on any atom is 0.155 e. The summed E-state index contributed by atoms with van der Waals surface area (Å²) in [5.41, 5.74) is 8.07. The summed E-state index contributed by atoms with van der Waals surface area (Å²) < 4.78 is 1.92. The second-order valence-electron chi connectivity index (χ2n) is 3.87. The molecule has 0 spiro atoms. The Hall–Kier alpha value is -1.06. The summed E-state index contributed by atoms with van der Waals surface area (Å²) in [4.78, 5) is 4.07. The van der Waals surface area contributed by atoms with E-state index in [2.05, 4.69) is 4.98 Å². The predicted molar refractivity (Wildman–Crippen MR) is 55.3 cm³/mol. The highest BCUT2D eigenvalue weighted by atomic mass is 35.5. The van der Waals surface area contributed by atoms with E-state index < -0.39 is 0 Å². The molecule has 2 N–H and O–H groups in total. The van der Waals surface area contributed by atoms with Crippen molar-refractivity contribution >= 4 is 17.1 Å². The number of hydrogen-bond donors (Lipinski definition) is 1. The van der Waals surface area contributed by atoms with Crippen molar-refractivity contribution in [2.45, 2.75) is 18.4 Å². The highest BCUT2D eigenvalue weighted by Gasteiger charge is 2.41. The van der Waals surface area contributed by atoms with Crippen LogP contribution >= 0.6 is 11.6 Å². The summed E-state index contributed by atoms with van der Waals surface area (Å²) >= 11 is 6.02. The molecule has 2 aromatic rings. The van der Waals surface area contributed by atoms with Gasteiger partial charge in [-0.1, -0.05) is 17.7 Å². The minimum atomic E-state index is -0.161. The first kappa shape index (κ1) is 8.26. The number of nitrogens with two attached hydrogens (primary N) is 1. The average molecular weight is 208 g/mol. The van der Waals surface area contributed by atoms with Gasteiger partial charge in [-0.3, -0.25) is 0 Å². The number of fused-ring (bicyclic) bond motifs is 1. The molecule has 0 aromatic carbocycles. The molecule has 0 saturated heterocycles. The Morgan fingerprint density at radius 1 is 1.50 bits per heavy atom. The van der Waals surface area contributed by atoms with Gasteiger partial charge in [0, 0.05) is 11.7 Å². The number of nitrogens with zero attached hydrogens (tertiary/aromatic N) is 2. The molecule has 0 radical (unpaired) electrons. The summed E-state index contributed by atoms with van der Waals surface area (Å²) in [6.45, 7) is 0. The summed E-state index contributed by atoms with van der Waals surface area (Å²) in [7, 11) is 0. The van der Waals surface area contributed by atoms with Crippen molar-refractivity contribution in [3.8, 4) is 0 Å². The Morgan fingerprint density at radius 2 is 2.29 bits per heavy atom. The van der Waals surface area contributed by atoms with E-state index in [0.717, 1.165) is 23.9 Å². The fraction of sp³-hybridized carbons (Fsp3) is 0.300. The first-order chi connectivity index (χ1) is 6.71. The van der Waals surface area contributed by atoms with Crippen LogP contribution in [0.5, 0.6) is 0 Å². The highest BCUT2D eigenvalue weighted by Crippen LogP contribution is 2.45. The molecule has 2 aromatic heterocycles. The Bertz CT molecular complexity index is 499. The number of rotatable bonds is 1. The van der Waals surface area contributed by atoms with Crippen LogP contribution in [0.2, 0.25) is 5.15 Å². The summed E-state index contributed by atoms with van der Waals surface area (Å²) in [6.07, 6.45) is 5.72. The van der Waals surface area contributed by atoms with Crippen molar-refractivity contribution < 1.29 is 0 Å². The topological polar surface area (TPSA) is 43.3 Å². The Labute approximate surface area is 86.5 Å². The SMILES string of the molecule is NC1(c2cccn3cnc(Cl)c23)CC1. The van der Waals surface area contributed by atoms with Crippen molar-refractivity contribution in [1.82, 2.24) is 9.38 Å². The van der Waals surface area contributed by atoms with Crippen LogP contribution in [0.25, 0.3) is 5.52 Å². The molecular weight excluding hydrogens is 198 g/mol. The van der Waals surface area contributed by atoms with Crippen molar-refractivity contribution in [2.24, 2.45) is 5.73 Å². The molecule has 0 atom stereocenters. The van der Waals surface area contributed by atoms with Gasteiger partial charge in [0.05, 0.1) is 5.52 Å². The van der Waals surface area contributed by atoms with Gasteiger partial charge in [0.15, 0.2) is 5.15 Å². The lowest BCUT2D eigenvalue weighted by atomic mass is 10.1. The molecule has 0 unspecified atom stereocenters. The Morgan fingerprint density at radius 3 is 3.00 bits per heavy atom. The van der Waals surface area contributed by atoms with E-state index in [0.29, 0.717) is 5.15 Å². The van der Waals surface area contributed by atoms with Gasteiger partial charge in [0.1, 0.15) is 6.33 Å². The summed E-state index contributed by atoms with van der Waals surface area (Å²) in [5, 5.41) is 0.539. The molecule has 1 aliphatic carbocycles. The van der Waals surface area contributed by atoms with Crippen LogP contribution in [0.3, 0.4) is 0 Å². The third-order valence-electron chi connectivity index (χ3n) is 2.84. The van der Waals surface area contributed by atoms with Gasteiger partial charge in [0.25, 0.3) is 0 Å². The van der Waals surface area contributed by atoms with Gasteiger partial charge >= 0.3 is 0 Å². The van der Waals surface area contributed by atoms with E-state index >= 15 is 0 Å². The normalized spacial score (nSPS) is 18.7. The van der Waals surface area contributed by atoms with Crippen LogP contribution in [0, 0.1) is 0 Å². The van der Waals surface area contributed by atoms with Crippen molar-refractivity contribution in [3.63, 3.8) is 0 Å². The number of imidazole rings is 1. The molecule has 0 bridgehead atoms. The van der Waals surface area contributed by atoms with E-state index in [1.54, 1.807) is 6.33 Å². The fourth-order valence-corrected chi connectivity index (χ4v) is 2.06. The van der Waals surface area contributed by atoms with Gasteiger partial charge in [0.2, 0.25) is 0 Å². The van der Waals surface area contributed by atoms with E-state index in [4.69, 9.17) is 17.3 Å². The molecule has 1 fully saturated rings. The Kier molecular flexibility index (Phi) is 1.47. The molecule has 4 heteroatoms. The Balaban J connectivity index is 2.37. The van der Waals surface area contributed by atoms with Crippen LogP contribution in [0.15, 0.2) is 24.7 Å². The van der Waals surface area contributed by atoms with Gasteiger partial charge in [-0.25, -0.2) is 4.98 Å². The first-order valence-corrected chi connectivity index (χ1v) is 4.99. The third-order valence-corrected chi connectivity index (χ3v) is 3.12. The first-order valence-electron chi connectivity index (χ1n) is 4.61. The second-order valence-corrected chi connectivity index (χ2v) is 4.23. The van der Waals surface area contributed by atoms with Gasteiger partial charge in [-0.05, 0) is 24.5 Å². The molecule has 14 heavy (non-hydrogen) atoms. The maximum atomic E-state index is 6.16. The summed E-state index contributed by atoms with van der Waals surface area (Å²) in [5.74, 6) is 0. The number of pyridine rings is 1. The minimum absolute atomic E-state index is 0.161. The van der Waals surface area contributed by atoms with Gasteiger partial charge in [-0.15, -0.1) is 0 Å². The smallest absolute Gasteiger partial charge is 0.155 e. The van der Waals surface area contributed by atoms with Crippen LogP contribution in [0.1, 0.15) is 18.4 Å². The molecule has 0 amide bonds. The molecule has 0 aliphatic heterocycles. The van der Waals surface area contributed by atoms with Gasteiger partial charge < -0.3 is 10.1 Å². The van der Waals surface area contributed by atoms with E-state index in [1.165, 1.54) is 0 Å². The minimum Gasteiger partial charge on any atom is -0.321 e. The quantitative estimate of drug-likeness (QED) is 0.777. The van der Waals surface area contributed by atoms with Crippen molar-refractivity contribution in [2.75, 3.05) is 0 Å². The number of hydrogen-bond acceptors (Lipinski definition) is 2.